The second kappa shape index (κ2) is 7.57. The van der Waals surface area contributed by atoms with Gasteiger partial charge in [0.2, 0.25) is 0 Å². The van der Waals surface area contributed by atoms with Crippen LogP contribution in [0.15, 0.2) is 0 Å². The van der Waals surface area contributed by atoms with Crippen molar-refractivity contribution in [1.29, 1.82) is 0 Å². The molecule has 3 heteroatoms. The Kier molecular flexibility index (Phi) is 6.78. The molecule has 0 aromatic heterocycles. The first kappa shape index (κ1) is 14.3. The van der Waals surface area contributed by atoms with Crippen LogP contribution in [0.25, 0.3) is 0 Å². The zero-order chi connectivity index (χ0) is 12.0. The topological polar surface area (TPSA) is 29.3 Å². The van der Waals surface area contributed by atoms with Gasteiger partial charge in [0.25, 0.3) is 0 Å². The monoisotopic (exact) mass is 244 g/mol. The number of rotatable bonds is 9. The van der Waals surface area contributed by atoms with Crippen molar-refractivity contribution in [2.24, 2.45) is 11.7 Å². The molecule has 1 atom stereocenters. The van der Waals surface area contributed by atoms with E-state index in [0.29, 0.717) is 12.1 Å². The molecule has 2 N–H and O–H groups in total. The van der Waals surface area contributed by atoms with Gasteiger partial charge in [-0.15, -0.1) is 0 Å². The van der Waals surface area contributed by atoms with Crippen LogP contribution in [-0.2, 0) is 0 Å². The Labute approximate surface area is 105 Å². The summed E-state index contributed by atoms with van der Waals surface area (Å²) < 4.78 is 0. The molecule has 0 saturated heterocycles. The van der Waals surface area contributed by atoms with Crippen LogP contribution < -0.4 is 5.73 Å². The summed E-state index contributed by atoms with van der Waals surface area (Å²) in [5.74, 6) is 2.24. The first-order chi connectivity index (χ1) is 7.69. The van der Waals surface area contributed by atoms with E-state index in [1.165, 1.54) is 38.0 Å². The van der Waals surface area contributed by atoms with Crippen molar-refractivity contribution in [3.63, 3.8) is 0 Å². The molecule has 0 amide bonds. The number of nitrogens with two attached hydrogens (primary N) is 1. The Morgan fingerprint density at radius 2 is 2.06 bits per heavy atom. The summed E-state index contributed by atoms with van der Waals surface area (Å²) in [6.07, 6.45) is 7.62. The molecule has 0 spiro atoms. The van der Waals surface area contributed by atoms with Crippen LogP contribution in [0.1, 0.15) is 39.5 Å². The summed E-state index contributed by atoms with van der Waals surface area (Å²) in [5.41, 5.74) is 5.94. The van der Waals surface area contributed by atoms with Crippen LogP contribution in [-0.4, -0.2) is 42.1 Å². The Morgan fingerprint density at radius 1 is 1.38 bits per heavy atom. The van der Waals surface area contributed by atoms with Crippen molar-refractivity contribution in [2.45, 2.75) is 51.6 Å². The minimum atomic E-state index is 0.604. The second-order valence-corrected chi connectivity index (χ2v) is 6.24. The van der Waals surface area contributed by atoms with Gasteiger partial charge in [-0.25, -0.2) is 0 Å². The number of nitrogens with zero attached hydrogens (tertiary/aromatic N) is 1. The Morgan fingerprint density at radius 3 is 2.50 bits per heavy atom. The van der Waals surface area contributed by atoms with Crippen molar-refractivity contribution in [1.82, 2.24) is 4.90 Å². The van der Waals surface area contributed by atoms with E-state index in [0.717, 1.165) is 12.5 Å². The maximum Gasteiger partial charge on any atom is 0.0221 e. The van der Waals surface area contributed by atoms with Crippen molar-refractivity contribution >= 4 is 11.8 Å². The molecule has 1 unspecified atom stereocenters. The SMILES string of the molecule is CSCCCC(CN)N(CC1CC1)C(C)C. The Hall–Kier alpha value is 0.270. The summed E-state index contributed by atoms with van der Waals surface area (Å²) >= 11 is 1.94. The number of hydrogen-bond donors (Lipinski definition) is 1. The molecular weight excluding hydrogens is 216 g/mol. The van der Waals surface area contributed by atoms with Crippen molar-refractivity contribution < 1.29 is 0 Å². The van der Waals surface area contributed by atoms with E-state index in [2.05, 4.69) is 25.0 Å². The zero-order valence-corrected chi connectivity index (χ0v) is 11.9. The molecule has 0 aliphatic heterocycles. The minimum absolute atomic E-state index is 0.604. The maximum atomic E-state index is 5.94. The van der Waals surface area contributed by atoms with Crippen LogP contribution >= 0.6 is 11.8 Å². The molecule has 0 aromatic rings. The van der Waals surface area contributed by atoms with Crippen LogP contribution in [0, 0.1) is 5.92 Å². The van der Waals surface area contributed by atoms with Gasteiger partial charge in [0.15, 0.2) is 0 Å². The fourth-order valence-corrected chi connectivity index (χ4v) is 2.72. The first-order valence-electron chi connectivity index (χ1n) is 6.63. The lowest BCUT2D eigenvalue weighted by Gasteiger charge is -2.34. The fraction of sp³-hybridized carbons (Fsp3) is 1.00. The lowest BCUT2D eigenvalue weighted by atomic mass is 10.1. The summed E-state index contributed by atoms with van der Waals surface area (Å²) in [7, 11) is 0. The molecule has 1 saturated carbocycles. The summed E-state index contributed by atoms with van der Waals surface area (Å²) in [5, 5.41) is 0. The highest BCUT2D eigenvalue weighted by atomic mass is 32.2. The zero-order valence-electron chi connectivity index (χ0n) is 11.1. The highest BCUT2D eigenvalue weighted by Crippen LogP contribution is 2.31. The third-order valence-corrected chi connectivity index (χ3v) is 4.15. The molecular formula is C13H28N2S. The average Bonchev–Trinajstić information content (AvgIpc) is 3.05. The lowest BCUT2D eigenvalue weighted by molar-refractivity contribution is 0.141. The summed E-state index contributed by atoms with van der Waals surface area (Å²) in [6, 6.07) is 1.25. The predicted octanol–water partition coefficient (Wildman–Crippen LogP) is 2.58. The molecule has 0 aromatic carbocycles. The normalized spacial score (nSPS) is 18.4. The second-order valence-electron chi connectivity index (χ2n) is 5.26. The van der Waals surface area contributed by atoms with Crippen LogP contribution in [0.5, 0.6) is 0 Å². The molecule has 1 aliphatic carbocycles. The predicted molar refractivity (Wildman–Crippen MR) is 75.0 cm³/mol. The van der Waals surface area contributed by atoms with Crippen molar-refractivity contribution in [3.8, 4) is 0 Å². The van der Waals surface area contributed by atoms with E-state index in [-0.39, 0.29) is 0 Å². The quantitative estimate of drug-likeness (QED) is 0.632. The van der Waals surface area contributed by atoms with Gasteiger partial charge in [-0.1, -0.05) is 0 Å². The van der Waals surface area contributed by atoms with Gasteiger partial charge in [0, 0.05) is 25.2 Å². The molecule has 1 fully saturated rings. The van der Waals surface area contributed by atoms with Crippen LogP contribution in [0.3, 0.4) is 0 Å². The third-order valence-electron chi connectivity index (χ3n) is 3.46. The van der Waals surface area contributed by atoms with Crippen LogP contribution in [0.4, 0.5) is 0 Å². The molecule has 1 aliphatic rings. The molecule has 1 rings (SSSR count). The van der Waals surface area contributed by atoms with Gasteiger partial charge in [-0.3, -0.25) is 4.90 Å². The molecule has 16 heavy (non-hydrogen) atoms. The smallest absolute Gasteiger partial charge is 0.0221 e. The minimum Gasteiger partial charge on any atom is -0.329 e. The fourth-order valence-electron chi connectivity index (χ4n) is 2.26. The molecule has 0 radical (unpaired) electrons. The average molecular weight is 244 g/mol. The van der Waals surface area contributed by atoms with E-state index in [9.17, 15) is 0 Å². The molecule has 0 bridgehead atoms. The van der Waals surface area contributed by atoms with Gasteiger partial charge < -0.3 is 5.73 Å². The number of hydrogen-bond acceptors (Lipinski definition) is 3. The largest absolute Gasteiger partial charge is 0.329 e. The van der Waals surface area contributed by atoms with Crippen LogP contribution in [0.2, 0.25) is 0 Å². The van der Waals surface area contributed by atoms with Gasteiger partial charge in [0.1, 0.15) is 0 Å². The highest BCUT2D eigenvalue weighted by molar-refractivity contribution is 7.98. The van der Waals surface area contributed by atoms with E-state index in [4.69, 9.17) is 5.73 Å². The van der Waals surface area contributed by atoms with E-state index < -0.39 is 0 Å². The highest BCUT2D eigenvalue weighted by Gasteiger charge is 2.28. The standard InChI is InChI=1S/C13H28N2S/c1-11(2)15(10-12-6-7-12)13(9-14)5-4-8-16-3/h11-13H,4-10,14H2,1-3H3. The maximum absolute atomic E-state index is 5.94. The van der Waals surface area contributed by atoms with E-state index in [1.807, 2.05) is 11.8 Å². The van der Waals surface area contributed by atoms with Gasteiger partial charge in [0.05, 0.1) is 0 Å². The lowest BCUT2D eigenvalue weighted by Crippen LogP contribution is -2.45. The Balaban J connectivity index is 2.36. The summed E-state index contributed by atoms with van der Waals surface area (Å²) in [6.45, 7) is 6.71. The van der Waals surface area contributed by atoms with E-state index >= 15 is 0 Å². The Bertz CT molecular complexity index is 181. The summed E-state index contributed by atoms with van der Waals surface area (Å²) in [4.78, 5) is 2.64. The van der Waals surface area contributed by atoms with Gasteiger partial charge in [-0.2, -0.15) is 11.8 Å². The third kappa shape index (κ3) is 5.07. The molecule has 0 heterocycles. The van der Waals surface area contributed by atoms with Gasteiger partial charge >= 0.3 is 0 Å². The number of thioether (sulfide) groups is 1. The van der Waals surface area contributed by atoms with Crippen molar-refractivity contribution in [2.75, 3.05) is 25.1 Å². The first-order valence-corrected chi connectivity index (χ1v) is 8.03. The van der Waals surface area contributed by atoms with Gasteiger partial charge in [-0.05, 0) is 57.5 Å². The molecule has 96 valence electrons. The molecule has 2 nitrogen and oxygen atoms in total. The van der Waals surface area contributed by atoms with E-state index in [1.54, 1.807) is 0 Å². The van der Waals surface area contributed by atoms with Crippen molar-refractivity contribution in [3.05, 3.63) is 0 Å².